The predicted octanol–water partition coefficient (Wildman–Crippen LogP) is 4.90. The number of carbonyl (C=O) groups is 1. The predicted molar refractivity (Wildman–Crippen MR) is 99.7 cm³/mol. The number of hydrogen-bond donors (Lipinski definition) is 1. The minimum Gasteiger partial charge on any atom is -0.496 e. The van der Waals surface area contributed by atoms with Gasteiger partial charge in [0.15, 0.2) is 5.13 Å². The van der Waals surface area contributed by atoms with Crippen LogP contribution < -0.4 is 10.1 Å². The Balaban J connectivity index is 1.87. The van der Waals surface area contributed by atoms with Crippen LogP contribution in [0.3, 0.4) is 0 Å². The summed E-state index contributed by atoms with van der Waals surface area (Å²) in [5.74, 6) is 1.92. The van der Waals surface area contributed by atoms with Crippen molar-refractivity contribution in [2.75, 3.05) is 12.4 Å². The first-order valence-electron chi connectivity index (χ1n) is 7.89. The molecule has 3 aromatic rings. The molecule has 0 atom stereocenters. The monoisotopic (exact) mass is 356 g/mol. The number of thiazole rings is 1. The smallest absolute Gasteiger partial charge is 0.261 e. The number of aromatic nitrogens is 1. The van der Waals surface area contributed by atoms with Crippen molar-refractivity contribution in [2.24, 2.45) is 0 Å². The number of carbonyl (C=O) groups excluding carboxylic acids is 1. The van der Waals surface area contributed by atoms with Crippen molar-refractivity contribution in [2.45, 2.75) is 27.7 Å². The van der Waals surface area contributed by atoms with E-state index in [1.54, 1.807) is 14.0 Å². The molecule has 130 valence electrons. The molecule has 2 aromatic heterocycles. The van der Waals surface area contributed by atoms with E-state index in [9.17, 15) is 4.79 Å². The Morgan fingerprint density at radius 1 is 1.20 bits per heavy atom. The number of amides is 1. The highest BCUT2D eigenvalue weighted by Gasteiger charge is 2.20. The number of rotatable bonds is 4. The quantitative estimate of drug-likeness (QED) is 0.722. The van der Waals surface area contributed by atoms with Gasteiger partial charge in [-0.3, -0.25) is 10.1 Å². The number of benzene rings is 1. The van der Waals surface area contributed by atoms with Crippen LogP contribution in [0.2, 0.25) is 0 Å². The number of hydrogen-bond acceptors (Lipinski definition) is 5. The Hall–Kier alpha value is -2.60. The van der Waals surface area contributed by atoms with E-state index in [4.69, 9.17) is 9.15 Å². The highest BCUT2D eigenvalue weighted by Crippen LogP contribution is 2.33. The van der Waals surface area contributed by atoms with Gasteiger partial charge in [0.2, 0.25) is 0 Å². The second-order valence-electron chi connectivity index (χ2n) is 5.91. The molecule has 0 unspecified atom stereocenters. The number of aryl methyl sites for hydroxylation is 3. The molecule has 2 heterocycles. The molecule has 3 rings (SSSR count). The number of anilines is 1. The minimum atomic E-state index is -0.205. The Labute approximate surface area is 150 Å². The summed E-state index contributed by atoms with van der Waals surface area (Å²) in [7, 11) is 1.63. The molecular weight excluding hydrogens is 336 g/mol. The fourth-order valence-electron chi connectivity index (χ4n) is 2.76. The molecule has 0 bridgehead atoms. The fourth-order valence-corrected chi connectivity index (χ4v) is 3.47. The molecule has 0 saturated carbocycles. The summed E-state index contributed by atoms with van der Waals surface area (Å²) in [4.78, 5) is 17.1. The zero-order chi connectivity index (χ0) is 18.1. The van der Waals surface area contributed by atoms with Gasteiger partial charge in [-0.05, 0) is 39.8 Å². The summed E-state index contributed by atoms with van der Waals surface area (Å²) in [5, 5.41) is 5.32. The SMILES string of the molecule is COc1ccc(C)cc1-c1csc(NC(=O)c2c(C)oc(C)c2C)n1. The van der Waals surface area contributed by atoms with Crippen molar-refractivity contribution in [3.8, 4) is 17.0 Å². The maximum Gasteiger partial charge on any atom is 0.261 e. The van der Waals surface area contributed by atoms with Crippen LogP contribution in [-0.4, -0.2) is 18.0 Å². The van der Waals surface area contributed by atoms with Crippen LogP contribution in [0.1, 0.15) is 33.0 Å². The lowest BCUT2D eigenvalue weighted by atomic mass is 10.1. The lowest BCUT2D eigenvalue weighted by Crippen LogP contribution is -2.13. The third-order valence-electron chi connectivity index (χ3n) is 4.14. The molecule has 0 spiro atoms. The van der Waals surface area contributed by atoms with Gasteiger partial charge in [0.1, 0.15) is 17.3 Å². The molecule has 0 fully saturated rings. The third kappa shape index (κ3) is 3.30. The molecule has 0 aliphatic rings. The first kappa shape index (κ1) is 17.2. The molecule has 5 nitrogen and oxygen atoms in total. The number of methoxy groups -OCH3 is 1. The Morgan fingerprint density at radius 3 is 2.60 bits per heavy atom. The van der Waals surface area contributed by atoms with E-state index in [-0.39, 0.29) is 5.91 Å². The van der Waals surface area contributed by atoms with Crippen molar-refractivity contribution in [3.05, 3.63) is 51.8 Å². The van der Waals surface area contributed by atoms with E-state index in [0.29, 0.717) is 16.5 Å². The lowest BCUT2D eigenvalue weighted by Gasteiger charge is -2.07. The van der Waals surface area contributed by atoms with Gasteiger partial charge in [-0.1, -0.05) is 11.6 Å². The first-order chi connectivity index (χ1) is 11.9. The third-order valence-corrected chi connectivity index (χ3v) is 4.90. The first-order valence-corrected chi connectivity index (χ1v) is 8.77. The minimum absolute atomic E-state index is 0.205. The summed E-state index contributed by atoms with van der Waals surface area (Å²) in [6.45, 7) is 7.54. The highest BCUT2D eigenvalue weighted by molar-refractivity contribution is 7.14. The van der Waals surface area contributed by atoms with Gasteiger partial charge in [0.05, 0.1) is 18.4 Å². The molecule has 25 heavy (non-hydrogen) atoms. The van der Waals surface area contributed by atoms with Crippen molar-refractivity contribution in [3.63, 3.8) is 0 Å². The summed E-state index contributed by atoms with van der Waals surface area (Å²) in [6, 6.07) is 5.93. The van der Waals surface area contributed by atoms with Crippen molar-refractivity contribution < 1.29 is 13.9 Å². The molecule has 0 aliphatic heterocycles. The van der Waals surface area contributed by atoms with E-state index in [0.717, 1.165) is 33.9 Å². The van der Waals surface area contributed by atoms with Crippen LogP contribution >= 0.6 is 11.3 Å². The number of ether oxygens (including phenoxy) is 1. The fraction of sp³-hybridized carbons (Fsp3) is 0.263. The molecule has 0 saturated heterocycles. The average Bonchev–Trinajstić information content (AvgIpc) is 3.12. The second kappa shape index (κ2) is 6.72. The molecule has 0 aliphatic carbocycles. The average molecular weight is 356 g/mol. The molecule has 0 radical (unpaired) electrons. The van der Waals surface area contributed by atoms with E-state index < -0.39 is 0 Å². The lowest BCUT2D eigenvalue weighted by molar-refractivity contribution is 0.102. The van der Waals surface area contributed by atoms with Crippen LogP contribution in [0.4, 0.5) is 5.13 Å². The van der Waals surface area contributed by atoms with Crippen molar-refractivity contribution in [1.29, 1.82) is 0 Å². The summed E-state index contributed by atoms with van der Waals surface area (Å²) in [5.41, 5.74) is 4.23. The van der Waals surface area contributed by atoms with Gasteiger partial charge < -0.3 is 9.15 Å². The largest absolute Gasteiger partial charge is 0.496 e. The standard InChI is InChI=1S/C19H20N2O3S/c1-10-6-7-16(23-5)14(8-10)15-9-25-19(20-15)21-18(22)17-11(2)12(3)24-13(17)4/h6-9H,1-5H3,(H,20,21,22). The van der Waals surface area contributed by atoms with E-state index >= 15 is 0 Å². The Bertz CT molecular complexity index is 940. The molecular formula is C19H20N2O3S. The maximum atomic E-state index is 12.6. The van der Waals surface area contributed by atoms with Gasteiger partial charge in [-0.2, -0.15) is 0 Å². The van der Waals surface area contributed by atoms with Crippen LogP contribution in [0, 0.1) is 27.7 Å². The zero-order valence-electron chi connectivity index (χ0n) is 14.9. The zero-order valence-corrected chi connectivity index (χ0v) is 15.7. The van der Waals surface area contributed by atoms with Gasteiger partial charge in [0, 0.05) is 16.5 Å². The van der Waals surface area contributed by atoms with Gasteiger partial charge in [-0.25, -0.2) is 4.98 Å². The maximum absolute atomic E-state index is 12.6. The second-order valence-corrected chi connectivity index (χ2v) is 6.77. The van der Waals surface area contributed by atoms with E-state index in [1.807, 2.05) is 44.4 Å². The van der Waals surface area contributed by atoms with Crippen molar-refractivity contribution >= 4 is 22.4 Å². The molecule has 1 aromatic carbocycles. The van der Waals surface area contributed by atoms with Crippen LogP contribution in [0.5, 0.6) is 5.75 Å². The normalized spacial score (nSPS) is 10.8. The van der Waals surface area contributed by atoms with Crippen molar-refractivity contribution in [1.82, 2.24) is 4.98 Å². The number of nitrogens with one attached hydrogen (secondary N) is 1. The van der Waals surface area contributed by atoms with Gasteiger partial charge in [0.25, 0.3) is 5.91 Å². The van der Waals surface area contributed by atoms with E-state index in [2.05, 4.69) is 10.3 Å². The van der Waals surface area contributed by atoms with Crippen LogP contribution in [0.15, 0.2) is 28.0 Å². The molecule has 1 amide bonds. The van der Waals surface area contributed by atoms with Gasteiger partial charge >= 0.3 is 0 Å². The molecule has 1 N–H and O–H groups in total. The summed E-state index contributed by atoms with van der Waals surface area (Å²) in [6.07, 6.45) is 0. The van der Waals surface area contributed by atoms with E-state index in [1.165, 1.54) is 11.3 Å². The summed E-state index contributed by atoms with van der Waals surface area (Å²) >= 11 is 1.38. The molecule has 6 heteroatoms. The summed E-state index contributed by atoms with van der Waals surface area (Å²) < 4.78 is 10.9. The topological polar surface area (TPSA) is 64.4 Å². The number of furan rings is 1. The number of nitrogens with zero attached hydrogens (tertiary/aromatic N) is 1. The highest BCUT2D eigenvalue weighted by atomic mass is 32.1. The Kier molecular flexibility index (Phi) is 4.63. The van der Waals surface area contributed by atoms with Crippen LogP contribution in [0.25, 0.3) is 11.3 Å². The van der Waals surface area contributed by atoms with Crippen LogP contribution in [-0.2, 0) is 0 Å². The van der Waals surface area contributed by atoms with Gasteiger partial charge in [-0.15, -0.1) is 11.3 Å². The Morgan fingerprint density at radius 2 is 1.96 bits per heavy atom.